The maximum absolute atomic E-state index is 12.0. The first-order valence-corrected chi connectivity index (χ1v) is 8.19. The van der Waals surface area contributed by atoms with E-state index >= 15 is 0 Å². The number of carbonyl (C=O) groups is 3. The molecule has 7 nitrogen and oxygen atoms in total. The molecular formula is C18H18ClN3O4. The number of ether oxygens (including phenoxy) is 1. The van der Waals surface area contributed by atoms with Crippen LogP contribution in [0.3, 0.4) is 0 Å². The molecule has 1 aromatic heterocycles. The zero-order valence-corrected chi connectivity index (χ0v) is 15.0. The number of nitrogens with zero attached hydrogens (tertiary/aromatic N) is 1. The van der Waals surface area contributed by atoms with Crippen LogP contribution in [-0.4, -0.2) is 35.4 Å². The molecule has 0 spiro atoms. The van der Waals surface area contributed by atoms with E-state index in [9.17, 15) is 14.4 Å². The fraction of sp³-hybridized carbons (Fsp3) is 0.222. The topological polar surface area (TPSA) is 97.4 Å². The van der Waals surface area contributed by atoms with Gasteiger partial charge in [0.1, 0.15) is 12.4 Å². The molecule has 0 aliphatic rings. The Morgan fingerprint density at radius 2 is 2.00 bits per heavy atom. The van der Waals surface area contributed by atoms with Crippen molar-refractivity contribution in [2.45, 2.75) is 20.0 Å². The fourth-order valence-electron chi connectivity index (χ4n) is 2.01. The summed E-state index contributed by atoms with van der Waals surface area (Å²) in [7, 11) is 0. The fourth-order valence-corrected chi connectivity index (χ4v) is 2.12. The molecule has 1 heterocycles. The van der Waals surface area contributed by atoms with E-state index in [0.717, 1.165) is 5.56 Å². The van der Waals surface area contributed by atoms with Crippen LogP contribution in [0.4, 0.5) is 5.82 Å². The molecule has 0 saturated heterocycles. The van der Waals surface area contributed by atoms with E-state index in [1.54, 1.807) is 24.3 Å². The van der Waals surface area contributed by atoms with Crippen LogP contribution in [0, 0.1) is 6.92 Å². The van der Waals surface area contributed by atoms with Crippen molar-refractivity contribution in [1.82, 2.24) is 10.3 Å². The standard InChI is InChI=1S/C18H18ClN3O4/c1-11-4-3-5-13(8-11)18(25)21-10-16(23)26-12(2)17(24)22-15-7-6-14(19)9-20-15/h3-9,12H,10H2,1-2H3,(H,21,25)(H,20,22,24)/t12-/m0/s1. The van der Waals surface area contributed by atoms with Gasteiger partial charge in [-0.3, -0.25) is 14.4 Å². The summed E-state index contributed by atoms with van der Waals surface area (Å²) in [6.45, 7) is 2.94. The van der Waals surface area contributed by atoms with Gasteiger partial charge < -0.3 is 15.4 Å². The third-order valence-corrected chi connectivity index (χ3v) is 3.55. The summed E-state index contributed by atoms with van der Waals surface area (Å²) in [5, 5.41) is 5.39. The van der Waals surface area contributed by atoms with Crippen molar-refractivity contribution >= 4 is 35.2 Å². The largest absolute Gasteiger partial charge is 0.451 e. The Hall–Kier alpha value is -2.93. The lowest BCUT2D eigenvalue weighted by atomic mass is 10.1. The molecule has 0 aliphatic carbocycles. The van der Waals surface area contributed by atoms with Gasteiger partial charge >= 0.3 is 5.97 Å². The van der Waals surface area contributed by atoms with Gasteiger partial charge in [0.25, 0.3) is 11.8 Å². The molecule has 0 bridgehead atoms. The molecular weight excluding hydrogens is 358 g/mol. The Bertz CT molecular complexity index is 808. The number of hydrogen-bond acceptors (Lipinski definition) is 5. The van der Waals surface area contributed by atoms with Crippen molar-refractivity contribution in [1.29, 1.82) is 0 Å². The highest BCUT2D eigenvalue weighted by atomic mass is 35.5. The normalized spacial score (nSPS) is 11.3. The smallest absolute Gasteiger partial charge is 0.326 e. The van der Waals surface area contributed by atoms with E-state index in [1.165, 1.54) is 19.2 Å². The number of carbonyl (C=O) groups excluding carboxylic acids is 3. The Kier molecular flexibility index (Phi) is 6.68. The second-order valence-electron chi connectivity index (χ2n) is 5.54. The summed E-state index contributed by atoms with van der Waals surface area (Å²) in [5.41, 5.74) is 1.37. The third kappa shape index (κ3) is 5.86. The van der Waals surface area contributed by atoms with Crippen LogP contribution >= 0.6 is 11.6 Å². The number of aryl methyl sites for hydroxylation is 1. The lowest BCUT2D eigenvalue weighted by molar-refractivity contribution is -0.152. The summed E-state index contributed by atoms with van der Waals surface area (Å²) < 4.78 is 5.00. The van der Waals surface area contributed by atoms with Gasteiger partial charge in [-0.2, -0.15) is 0 Å². The lowest BCUT2D eigenvalue weighted by Crippen LogP contribution is -2.36. The molecule has 0 radical (unpaired) electrons. The first kappa shape index (κ1) is 19.4. The summed E-state index contributed by atoms with van der Waals surface area (Å²) in [6, 6.07) is 10.1. The SMILES string of the molecule is Cc1cccc(C(=O)NCC(=O)O[C@@H](C)C(=O)Nc2ccc(Cl)cn2)c1. The van der Waals surface area contributed by atoms with Gasteiger partial charge in [0, 0.05) is 11.8 Å². The zero-order valence-electron chi connectivity index (χ0n) is 14.3. The second kappa shape index (κ2) is 8.96. The highest BCUT2D eigenvalue weighted by Crippen LogP contribution is 2.10. The predicted molar refractivity (Wildman–Crippen MR) is 96.9 cm³/mol. The second-order valence-corrected chi connectivity index (χ2v) is 5.97. The number of rotatable bonds is 6. The van der Waals surface area contributed by atoms with Crippen LogP contribution in [0.1, 0.15) is 22.8 Å². The number of pyridine rings is 1. The van der Waals surface area contributed by atoms with Crippen LogP contribution in [0.2, 0.25) is 5.02 Å². The number of nitrogens with one attached hydrogen (secondary N) is 2. The maximum Gasteiger partial charge on any atom is 0.326 e. The first-order valence-electron chi connectivity index (χ1n) is 7.82. The molecule has 136 valence electrons. The van der Waals surface area contributed by atoms with Crippen molar-refractivity contribution < 1.29 is 19.1 Å². The van der Waals surface area contributed by atoms with E-state index in [-0.39, 0.29) is 12.4 Å². The van der Waals surface area contributed by atoms with Crippen molar-refractivity contribution in [3.8, 4) is 0 Å². The minimum absolute atomic E-state index is 0.287. The van der Waals surface area contributed by atoms with Gasteiger partial charge in [0.05, 0.1) is 5.02 Å². The van der Waals surface area contributed by atoms with Gasteiger partial charge in [0.15, 0.2) is 6.10 Å². The van der Waals surface area contributed by atoms with Gasteiger partial charge in [-0.25, -0.2) is 4.98 Å². The Morgan fingerprint density at radius 1 is 1.23 bits per heavy atom. The highest BCUT2D eigenvalue weighted by Gasteiger charge is 2.19. The van der Waals surface area contributed by atoms with Crippen molar-refractivity contribution in [3.63, 3.8) is 0 Å². The monoisotopic (exact) mass is 375 g/mol. The quantitative estimate of drug-likeness (QED) is 0.755. The minimum Gasteiger partial charge on any atom is -0.451 e. The van der Waals surface area contributed by atoms with Crippen molar-refractivity contribution in [2.24, 2.45) is 0 Å². The van der Waals surface area contributed by atoms with Crippen LogP contribution in [0.5, 0.6) is 0 Å². The maximum atomic E-state index is 12.0. The van der Waals surface area contributed by atoms with E-state index in [0.29, 0.717) is 10.6 Å². The van der Waals surface area contributed by atoms with E-state index < -0.39 is 23.9 Å². The summed E-state index contributed by atoms with van der Waals surface area (Å²) in [6.07, 6.45) is 0.338. The number of anilines is 1. The number of amides is 2. The number of aromatic nitrogens is 1. The van der Waals surface area contributed by atoms with Crippen LogP contribution in [-0.2, 0) is 14.3 Å². The minimum atomic E-state index is -1.05. The molecule has 2 amide bonds. The third-order valence-electron chi connectivity index (χ3n) is 3.33. The van der Waals surface area contributed by atoms with Gasteiger partial charge in [-0.05, 0) is 38.1 Å². The molecule has 0 aliphatic heterocycles. The Balaban J connectivity index is 1.80. The number of hydrogen-bond donors (Lipinski definition) is 2. The van der Waals surface area contributed by atoms with Gasteiger partial charge in [0.2, 0.25) is 0 Å². The summed E-state index contributed by atoms with van der Waals surface area (Å²) in [4.78, 5) is 39.7. The molecule has 2 rings (SSSR count). The van der Waals surface area contributed by atoms with Crippen molar-refractivity contribution in [3.05, 3.63) is 58.7 Å². The van der Waals surface area contributed by atoms with Crippen molar-refractivity contribution in [2.75, 3.05) is 11.9 Å². The average molecular weight is 376 g/mol. The molecule has 2 aromatic rings. The Morgan fingerprint density at radius 3 is 2.65 bits per heavy atom. The molecule has 0 unspecified atom stereocenters. The van der Waals surface area contributed by atoms with E-state index in [2.05, 4.69) is 15.6 Å². The molecule has 2 N–H and O–H groups in total. The number of halogens is 1. The molecule has 1 aromatic carbocycles. The Labute approximate surface area is 155 Å². The van der Waals surface area contributed by atoms with E-state index in [1.807, 2.05) is 13.0 Å². The summed E-state index contributed by atoms with van der Waals surface area (Å²) in [5.74, 6) is -1.38. The predicted octanol–water partition coefficient (Wildman–Crippen LogP) is 2.34. The number of benzene rings is 1. The molecule has 1 atom stereocenters. The number of esters is 1. The first-order chi connectivity index (χ1) is 12.3. The average Bonchev–Trinajstić information content (AvgIpc) is 2.61. The molecule has 26 heavy (non-hydrogen) atoms. The zero-order chi connectivity index (χ0) is 19.1. The van der Waals surface area contributed by atoms with Gasteiger partial charge in [-0.1, -0.05) is 29.3 Å². The lowest BCUT2D eigenvalue weighted by Gasteiger charge is -2.13. The molecule has 0 saturated carbocycles. The van der Waals surface area contributed by atoms with Gasteiger partial charge in [-0.15, -0.1) is 0 Å². The molecule has 8 heteroatoms. The highest BCUT2D eigenvalue weighted by molar-refractivity contribution is 6.30. The summed E-state index contributed by atoms with van der Waals surface area (Å²) >= 11 is 5.71. The molecule has 0 fully saturated rings. The van der Waals surface area contributed by atoms with Crippen LogP contribution < -0.4 is 10.6 Å². The van der Waals surface area contributed by atoms with Crippen LogP contribution in [0.15, 0.2) is 42.6 Å². The van der Waals surface area contributed by atoms with Crippen LogP contribution in [0.25, 0.3) is 0 Å². The van der Waals surface area contributed by atoms with E-state index in [4.69, 9.17) is 16.3 Å².